The molecule has 3 aromatic carbocycles. The van der Waals surface area contributed by atoms with Gasteiger partial charge in [0.05, 0.1) is 10.5 Å². The van der Waals surface area contributed by atoms with E-state index in [0.717, 1.165) is 11.1 Å². The van der Waals surface area contributed by atoms with E-state index < -0.39 is 10.8 Å². The molecule has 6 heteroatoms. The summed E-state index contributed by atoms with van der Waals surface area (Å²) in [6.07, 6.45) is 0. The molecule has 3 aromatic rings. The Morgan fingerprint density at radius 3 is 2.31 bits per heavy atom. The standard InChI is InChI=1S/C20H17N3O3/c1-21-18-12-11-15(23(25)26)13-17(18)20(24)22-19-10-6-5-9-16(19)14-7-3-2-4-8-14/h2-13,21H,1H3,(H,22,24). The molecule has 0 aliphatic carbocycles. The highest BCUT2D eigenvalue weighted by atomic mass is 16.6. The number of nitro groups is 1. The maximum atomic E-state index is 12.8. The van der Waals surface area contributed by atoms with Gasteiger partial charge in [-0.25, -0.2) is 0 Å². The van der Waals surface area contributed by atoms with E-state index in [-0.39, 0.29) is 11.3 Å². The van der Waals surface area contributed by atoms with Gasteiger partial charge in [-0.2, -0.15) is 0 Å². The molecule has 130 valence electrons. The van der Waals surface area contributed by atoms with Gasteiger partial charge in [0, 0.05) is 36.1 Å². The van der Waals surface area contributed by atoms with Crippen LogP contribution in [0.3, 0.4) is 0 Å². The molecule has 1 amide bonds. The molecule has 0 bridgehead atoms. The zero-order chi connectivity index (χ0) is 18.5. The predicted molar refractivity (Wildman–Crippen MR) is 102 cm³/mol. The van der Waals surface area contributed by atoms with Gasteiger partial charge in [-0.05, 0) is 17.7 Å². The SMILES string of the molecule is CNc1ccc([N+](=O)[O-])cc1C(=O)Nc1ccccc1-c1ccccc1. The fourth-order valence-electron chi connectivity index (χ4n) is 2.70. The van der Waals surface area contributed by atoms with E-state index >= 15 is 0 Å². The Bertz CT molecular complexity index is 956. The van der Waals surface area contributed by atoms with E-state index in [4.69, 9.17) is 0 Å². The van der Waals surface area contributed by atoms with Crippen LogP contribution in [0.25, 0.3) is 11.1 Å². The van der Waals surface area contributed by atoms with Crippen molar-refractivity contribution in [1.29, 1.82) is 0 Å². The largest absolute Gasteiger partial charge is 0.387 e. The number of nitro benzene ring substituents is 1. The van der Waals surface area contributed by atoms with Crippen molar-refractivity contribution in [1.82, 2.24) is 0 Å². The third-order valence-corrected chi connectivity index (χ3v) is 3.99. The Morgan fingerprint density at radius 1 is 0.923 bits per heavy atom. The second kappa shape index (κ2) is 7.48. The summed E-state index contributed by atoms with van der Waals surface area (Å²) in [5.74, 6) is -0.415. The first-order valence-electron chi connectivity index (χ1n) is 8.02. The van der Waals surface area contributed by atoms with Crippen LogP contribution in [0.15, 0.2) is 72.8 Å². The van der Waals surface area contributed by atoms with Crippen molar-refractivity contribution < 1.29 is 9.72 Å². The third-order valence-electron chi connectivity index (χ3n) is 3.99. The van der Waals surface area contributed by atoms with Gasteiger partial charge in [-0.15, -0.1) is 0 Å². The molecular weight excluding hydrogens is 330 g/mol. The molecule has 2 N–H and O–H groups in total. The summed E-state index contributed by atoms with van der Waals surface area (Å²) in [6, 6.07) is 21.3. The van der Waals surface area contributed by atoms with Crippen molar-refractivity contribution in [2.75, 3.05) is 17.7 Å². The topological polar surface area (TPSA) is 84.3 Å². The van der Waals surface area contributed by atoms with Crippen molar-refractivity contribution >= 4 is 23.0 Å². The minimum atomic E-state index is -0.520. The molecule has 0 aliphatic heterocycles. The average Bonchev–Trinajstić information content (AvgIpc) is 2.68. The smallest absolute Gasteiger partial charge is 0.270 e. The van der Waals surface area contributed by atoms with Crippen LogP contribution in [0.5, 0.6) is 0 Å². The van der Waals surface area contributed by atoms with Gasteiger partial charge < -0.3 is 10.6 Å². The highest BCUT2D eigenvalue weighted by molar-refractivity contribution is 6.10. The van der Waals surface area contributed by atoms with Gasteiger partial charge in [-0.3, -0.25) is 14.9 Å². The number of anilines is 2. The van der Waals surface area contributed by atoms with Crippen molar-refractivity contribution in [3.8, 4) is 11.1 Å². The van der Waals surface area contributed by atoms with Crippen LogP contribution in [0.2, 0.25) is 0 Å². The number of benzene rings is 3. The molecule has 6 nitrogen and oxygen atoms in total. The number of hydrogen-bond acceptors (Lipinski definition) is 4. The highest BCUT2D eigenvalue weighted by Gasteiger charge is 2.17. The molecule has 0 fully saturated rings. The zero-order valence-electron chi connectivity index (χ0n) is 14.1. The molecule has 0 spiro atoms. The van der Waals surface area contributed by atoms with Crippen LogP contribution in [0.1, 0.15) is 10.4 Å². The Morgan fingerprint density at radius 2 is 1.62 bits per heavy atom. The fraction of sp³-hybridized carbons (Fsp3) is 0.0500. The Balaban J connectivity index is 1.97. The van der Waals surface area contributed by atoms with E-state index in [1.165, 1.54) is 18.2 Å². The predicted octanol–water partition coefficient (Wildman–Crippen LogP) is 4.56. The lowest BCUT2D eigenvalue weighted by atomic mass is 10.0. The fourth-order valence-corrected chi connectivity index (χ4v) is 2.70. The van der Waals surface area contributed by atoms with Crippen LogP contribution in [0, 0.1) is 10.1 Å². The number of nitrogens with one attached hydrogen (secondary N) is 2. The van der Waals surface area contributed by atoms with Crippen LogP contribution in [-0.4, -0.2) is 17.9 Å². The molecule has 0 radical (unpaired) electrons. The molecule has 0 heterocycles. The van der Waals surface area contributed by atoms with Crippen molar-refractivity contribution in [2.45, 2.75) is 0 Å². The van der Waals surface area contributed by atoms with Gasteiger partial charge in [0.2, 0.25) is 0 Å². The normalized spacial score (nSPS) is 10.2. The maximum absolute atomic E-state index is 12.8. The average molecular weight is 347 g/mol. The van der Waals surface area contributed by atoms with Gasteiger partial charge in [0.1, 0.15) is 0 Å². The number of carbonyl (C=O) groups is 1. The third kappa shape index (κ3) is 3.54. The lowest BCUT2D eigenvalue weighted by Gasteiger charge is -2.13. The molecule has 3 rings (SSSR count). The summed E-state index contributed by atoms with van der Waals surface area (Å²) in [7, 11) is 1.66. The quantitative estimate of drug-likeness (QED) is 0.523. The first-order valence-corrected chi connectivity index (χ1v) is 8.02. The van der Waals surface area contributed by atoms with E-state index in [0.29, 0.717) is 11.4 Å². The van der Waals surface area contributed by atoms with Crippen molar-refractivity contribution in [3.63, 3.8) is 0 Å². The molecule has 0 saturated carbocycles. The first kappa shape index (κ1) is 17.2. The Hall–Kier alpha value is -3.67. The van der Waals surface area contributed by atoms with Gasteiger partial charge in [-0.1, -0.05) is 48.5 Å². The number of para-hydroxylation sites is 1. The monoisotopic (exact) mass is 347 g/mol. The molecule has 0 atom stereocenters. The van der Waals surface area contributed by atoms with Crippen molar-refractivity contribution in [2.24, 2.45) is 0 Å². The minimum Gasteiger partial charge on any atom is -0.387 e. The number of nitrogens with zero attached hydrogens (tertiary/aromatic N) is 1. The number of hydrogen-bond donors (Lipinski definition) is 2. The molecule has 0 aliphatic rings. The van der Waals surface area contributed by atoms with Crippen molar-refractivity contribution in [3.05, 3.63) is 88.5 Å². The van der Waals surface area contributed by atoms with E-state index in [2.05, 4.69) is 10.6 Å². The van der Waals surface area contributed by atoms with E-state index in [1.54, 1.807) is 13.1 Å². The maximum Gasteiger partial charge on any atom is 0.270 e. The first-order chi connectivity index (χ1) is 12.6. The van der Waals surface area contributed by atoms with Gasteiger partial charge in [0.25, 0.3) is 11.6 Å². The van der Waals surface area contributed by atoms with Crippen LogP contribution >= 0.6 is 0 Å². The van der Waals surface area contributed by atoms with E-state index in [9.17, 15) is 14.9 Å². The number of rotatable bonds is 5. The van der Waals surface area contributed by atoms with E-state index in [1.807, 2.05) is 48.5 Å². The summed E-state index contributed by atoms with van der Waals surface area (Å²) in [5.41, 5.74) is 3.08. The molecule has 0 aromatic heterocycles. The zero-order valence-corrected chi connectivity index (χ0v) is 14.1. The summed E-state index contributed by atoms with van der Waals surface area (Å²) in [5, 5.41) is 16.8. The lowest BCUT2D eigenvalue weighted by molar-refractivity contribution is -0.384. The van der Waals surface area contributed by atoms with Crippen LogP contribution in [0.4, 0.5) is 17.1 Å². The molecular formula is C20H17N3O3. The Kier molecular flexibility index (Phi) is 4.94. The number of amides is 1. The molecule has 26 heavy (non-hydrogen) atoms. The van der Waals surface area contributed by atoms with Gasteiger partial charge >= 0.3 is 0 Å². The highest BCUT2D eigenvalue weighted by Crippen LogP contribution is 2.29. The summed E-state index contributed by atoms with van der Waals surface area (Å²) >= 11 is 0. The molecule has 0 saturated heterocycles. The second-order valence-electron chi connectivity index (χ2n) is 5.60. The summed E-state index contributed by atoms with van der Waals surface area (Å²) in [6.45, 7) is 0. The minimum absolute atomic E-state index is 0.134. The lowest BCUT2D eigenvalue weighted by Crippen LogP contribution is -2.15. The number of carbonyl (C=O) groups excluding carboxylic acids is 1. The molecule has 0 unspecified atom stereocenters. The number of non-ortho nitro benzene ring substituents is 1. The Labute approximate surface area is 150 Å². The second-order valence-corrected chi connectivity index (χ2v) is 5.60. The van der Waals surface area contributed by atoms with Crippen LogP contribution < -0.4 is 10.6 Å². The summed E-state index contributed by atoms with van der Waals surface area (Å²) in [4.78, 5) is 23.3. The van der Waals surface area contributed by atoms with Gasteiger partial charge in [0.15, 0.2) is 0 Å². The van der Waals surface area contributed by atoms with Crippen LogP contribution in [-0.2, 0) is 0 Å². The summed E-state index contributed by atoms with van der Waals surface area (Å²) < 4.78 is 0.